The van der Waals surface area contributed by atoms with Gasteiger partial charge in [-0.05, 0) is 24.3 Å². The molecule has 2 aromatic carbocycles. The standard InChI is InChI=1S/C28H30F2N6O8S/c29-15-7-3-1-5-13(15)17-9-35(33-31-17)21-23(39)19(11-37)43-27(25(21)41)45-28-26(42)22(24(40)20(12-38)44-28)36-10-18(32-34-36)14-6-2-4-8-16(14)30/h1-10,19-28,37-42H,11-12H2/t19-,20-,21+,22+,23+,24+,25-,26-,27+,28+/m1/s1. The number of ether oxygens (including phenoxy) is 2. The Labute approximate surface area is 258 Å². The smallest absolute Gasteiger partial charge is 0.134 e. The van der Waals surface area contributed by atoms with Gasteiger partial charge in [-0.1, -0.05) is 46.5 Å². The van der Waals surface area contributed by atoms with Crippen molar-refractivity contribution in [3.05, 3.63) is 72.6 Å². The number of thioether (sulfide) groups is 1. The normalized spacial score (nSPS) is 32.1. The second-order valence-electron chi connectivity index (χ2n) is 10.7. The Hall–Kier alpha value is -3.39. The van der Waals surface area contributed by atoms with Gasteiger partial charge in [0.15, 0.2) is 0 Å². The molecular weight excluding hydrogens is 618 g/mol. The third kappa shape index (κ3) is 5.98. The van der Waals surface area contributed by atoms with E-state index in [-0.39, 0.29) is 22.5 Å². The number of aliphatic hydroxyl groups excluding tert-OH is 6. The second-order valence-corrected chi connectivity index (χ2v) is 11.9. The molecular formula is C28H30F2N6O8S. The van der Waals surface area contributed by atoms with Crippen molar-refractivity contribution >= 4 is 11.8 Å². The predicted molar refractivity (Wildman–Crippen MR) is 152 cm³/mol. The maximum Gasteiger partial charge on any atom is 0.134 e. The van der Waals surface area contributed by atoms with Crippen molar-refractivity contribution in [3.63, 3.8) is 0 Å². The van der Waals surface area contributed by atoms with Crippen molar-refractivity contribution in [2.75, 3.05) is 13.2 Å². The molecule has 2 aliphatic heterocycles. The van der Waals surface area contributed by atoms with E-state index in [1.165, 1.54) is 48.8 Å². The van der Waals surface area contributed by atoms with E-state index >= 15 is 0 Å². The van der Waals surface area contributed by atoms with Crippen LogP contribution in [0.2, 0.25) is 0 Å². The average Bonchev–Trinajstić information content (AvgIpc) is 3.71. The molecule has 2 fully saturated rings. The quantitative estimate of drug-likeness (QED) is 0.148. The van der Waals surface area contributed by atoms with Crippen LogP contribution in [0.25, 0.3) is 22.5 Å². The zero-order valence-corrected chi connectivity index (χ0v) is 24.1. The molecule has 4 heterocycles. The Bertz CT molecular complexity index is 1500. The van der Waals surface area contributed by atoms with Crippen LogP contribution in [0.15, 0.2) is 60.9 Å². The minimum Gasteiger partial charge on any atom is -0.394 e. The van der Waals surface area contributed by atoms with Gasteiger partial charge in [-0.2, -0.15) is 0 Å². The molecule has 2 aromatic heterocycles. The molecule has 0 unspecified atom stereocenters. The number of hydrogen-bond donors (Lipinski definition) is 6. The summed E-state index contributed by atoms with van der Waals surface area (Å²) in [4.78, 5) is 0. The number of aromatic nitrogens is 6. The molecule has 0 spiro atoms. The number of halogens is 2. The molecule has 6 N–H and O–H groups in total. The summed E-state index contributed by atoms with van der Waals surface area (Å²) in [5, 5.41) is 80.6. The van der Waals surface area contributed by atoms with Gasteiger partial charge in [-0.25, -0.2) is 18.1 Å². The van der Waals surface area contributed by atoms with Crippen LogP contribution in [0.3, 0.4) is 0 Å². The van der Waals surface area contributed by atoms with Crippen molar-refractivity contribution < 1.29 is 48.9 Å². The van der Waals surface area contributed by atoms with Gasteiger partial charge < -0.3 is 40.1 Å². The van der Waals surface area contributed by atoms with Crippen molar-refractivity contribution in [3.8, 4) is 22.5 Å². The third-order valence-corrected chi connectivity index (χ3v) is 9.21. The summed E-state index contributed by atoms with van der Waals surface area (Å²) >= 11 is 0.776. The first-order chi connectivity index (χ1) is 21.7. The Balaban J connectivity index is 1.26. The molecule has 14 nitrogen and oxygen atoms in total. The van der Waals surface area contributed by atoms with E-state index in [0.717, 1.165) is 21.1 Å². The lowest BCUT2D eigenvalue weighted by Crippen LogP contribution is -2.58. The zero-order valence-electron chi connectivity index (χ0n) is 23.3. The maximum atomic E-state index is 14.4. The Morgan fingerprint density at radius 2 is 1.04 bits per heavy atom. The highest BCUT2D eigenvalue weighted by molar-refractivity contribution is 8.00. The molecule has 45 heavy (non-hydrogen) atoms. The molecule has 6 rings (SSSR count). The number of benzene rings is 2. The van der Waals surface area contributed by atoms with E-state index in [9.17, 15) is 39.4 Å². The highest BCUT2D eigenvalue weighted by atomic mass is 32.2. The Kier molecular flexibility index (Phi) is 9.23. The second kappa shape index (κ2) is 13.1. The van der Waals surface area contributed by atoms with E-state index in [1.54, 1.807) is 12.1 Å². The molecule has 0 saturated carbocycles. The largest absolute Gasteiger partial charge is 0.394 e. The van der Waals surface area contributed by atoms with E-state index in [2.05, 4.69) is 20.6 Å². The van der Waals surface area contributed by atoms with E-state index in [1.807, 2.05) is 0 Å². The van der Waals surface area contributed by atoms with Crippen LogP contribution in [-0.4, -0.2) is 121 Å². The lowest BCUT2D eigenvalue weighted by molar-refractivity contribution is -0.189. The van der Waals surface area contributed by atoms with Crippen molar-refractivity contribution in [1.29, 1.82) is 0 Å². The van der Waals surface area contributed by atoms with Crippen LogP contribution in [0, 0.1) is 11.6 Å². The van der Waals surface area contributed by atoms with Crippen LogP contribution < -0.4 is 0 Å². The summed E-state index contributed by atoms with van der Waals surface area (Å²) in [6.45, 7) is -1.30. The zero-order chi connectivity index (χ0) is 31.8. The van der Waals surface area contributed by atoms with Gasteiger partial charge in [0.2, 0.25) is 0 Å². The highest BCUT2D eigenvalue weighted by Gasteiger charge is 2.51. The van der Waals surface area contributed by atoms with Gasteiger partial charge in [-0.15, -0.1) is 10.2 Å². The monoisotopic (exact) mass is 648 g/mol. The molecule has 0 bridgehead atoms. The van der Waals surface area contributed by atoms with Crippen molar-refractivity contribution in [1.82, 2.24) is 30.0 Å². The fraction of sp³-hybridized carbons (Fsp3) is 0.429. The molecule has 17 heteroatoms. The Morgan fingerprint density at radius 3 is 1.42 bits per heavy atom. The predicted octanol–water partition coefficient (Wildman–Crippen LogP) is -0.125. The van der Waals surface area contributed by atoms with Gasteiger partial charge in [0.05, 0.1) is 25.6 Å². The van der Waals surface area contributed by atoms with Gasteiger partial charge in [0.1, 0.15) is 82.6 Å². The molecule has 240 valence electrons. The first-order valence-electron chi connectivity index (χ1n) is 14.0. The molecule has 2 saturated heterocycles. The van der Waals surface area contributed by atoms with E-state index < -0.39 is 84.4 Å². The molecule has 0 amide bonds. The molecule has 4 aromatic rings. The first kappa shape index (κ1) is 31.6. The summed E-state index contributed by atoms with van der Waals surface area (Å²) in [6.07, 6.45) is -5.75. The van der Waals surface area contributed by atoms with Crippen LogP contribution >= 0.6 is 11.8 Å². The number of aliphatic hydroxyl groups is 6. The molecule has 0 aliphatic carbocycles. The maximum absolute atomic E-state index is 14.4. The topological polar surface area (TPSA) is 201 Å². The number of nitrogens with zero attached hydrogens (tertiary/aromatic N) is 6. The summed E-state index contributed by atoms with van der Waals surface area (Å²) in [5.74, 6) is -1.10. The summed E-state index contributed by atoms with van der Waals surface area (Å²) in [5.41, 5.74) is -1.93. The van der Waals surface area contributed by atoms with Crippen LogP contribution in [0.1, 0.15) is 12.1 Å². The fourth-order valence-electron chi connectivity index (χ4n) is 5.55. The van der Waals surface area contributed by atoms with Gasteiger partial charge in [0.25, 0.3) is 0 Å². The van der Waals surface area contributed by atoms with Crippen molar-refractivity contribution in [2.24, 2.45) is 0 Å². The number of rotatable bonds is 8. The van der Waals surface area contributed by atoms with Crippen LogP contribution in [0.5, 0.6) is 0 Å². The van der Waals surface area contributed by atoms with Crippen LogP contribution in [-0.2, 0) is 9.47 Å². The summed E-state index contributed by atoms with van der Waals surface area (Å²) in [6, 6.07) is 9.30. The van der Waals surface area contributed by atoms with Gasteiger partial charge in [0, 0.05) is 11.1 Å². The molecule has 0 radical (unpaired) electrons. The fourth-order valence-corrected chi connectivity index (χ4v) is 6.87. The third-order valence-electron chi connectivity index (χ3n) is 7.90. The molecule has 2 aliphatic rings. The van der Waals surface area contributed by atoms with E-state index in [4.69, 9.17) is 9.47 Å². The average molecular weight is 649 g/mol. The van der Waals surface area contributed by atoms with Gasteiger partial charge in [-0.3, -0.25) is 0 Å². The Morgan fingerprint density at radius 1 is 0.644 bits per heavy atom. The van der Waals surface area contributed by atoms with Gasteiger partial charge >= 0.3 is 0 Å². The lowest BCUT2D eigenvalue weighted by Gasteiger charge is -2.46. The minimum atomic E-state index is -1.53. The molecule has 10 atom stereocenters. The highest BCUT2D eigenvalue weighted by Crippen LogP contribution is 2.42. The summed E-state index contributed by atoms with van der Waals surface area (Å²) in [7, 11) is 0. The number of hydrogen-bond acceptors (Lipinski definition) is 13. The summed E-state index contributed by atoms with van der Waals surface area (Å²) < 4.78 is 42.6. The SMILES string of the molecule is OC[C@H]1O[C@@H](S[C@@H]2O[C@H](CO)[C@H](O)[C@H](n3cc(-c4ccccc4F)nn3)[C@H]2O)[C@H](O)[C@@H](n2cc(-c3ccccc3F)nn2)[C@H]1O. The van der Waals surface area contributed by atoms with Crippen LogP contribution in [0.4, 0.5) is 8.78 Å². The first-order valence-corrected chi connectivity index (χ1v) is 14.9. The van der Waals surface area contributed by atoms with E-state index in [0.29, 0.717) is 0 Å². The lowest BCUT2D eigenvalue weighted by atomic mass is 9.97. The van der Waals surface area contributed by atoms with Crippen molar-refractivity contribution in [2.45, 2.75) is 59.6 Å². The minimum absolute atomic E-state index is 0.139.